The third-order valence-corrected chi connectivity index (χ3v) is 8.26. The first-order valence-electron chi connectivity index (χ1n) is 12.0. The number of oxime groups is 1. The molecule has 1 saturated heterocycles. The van der Waals surface area contributed by atoms with Crippen LogP contribution in [-0.2, 0) is 20.1 Å². The Hall–Kier alpha value is -2.11. The van der Waals surface area contributed by atoms with Gasteiger partial charge in [-0.05, 0) is 86.5 Å². The van der Waals surface area contributed by atoms with Gasteiger partial charge in [0.15, 0.2) is 0 Å². The lowest BCUT2D eigenvalue weighted by Crippen LogP contribution is -2.41. The van der Waals surface area contributed by atoms with Crippen molar-refractivity contribution in [3.8, 4) is 0 Å². The Bertz CT molecular complexity index is 1080. The van der Waals surface area contributed by atoms with Crippen molar-refractivity contribution < 1.29 is 14.5 Å². The minimum absolute atomic E-state index is 0.0917. The quantitative estimate of drug-likeness (QED) is 0.277. The van der Waals surface area contributed by atoms with E-state index < -0.39 is 7.12 Å². The van der Waals surface area contributed by atoms with Crippen LogP contribution in [0.15, 0.2) is 41.6 Å². The van der Waals surface area contributed by atoms with Crippen LogP contribution >= 0.6 is 0 Å². The largest absolute Gasteiger partial charge is 0.494 e. The molecule has 0 saturated carbocycles. The Morgan fingerprint density at radius 1 is 0.818 bits per heavy atom. The molecule has 0 amide bonds. The van der Waals surface area contributed by atoms with E-state index in [1.54, 1.807) is 0 Å². The smallest absolute Gasteiger partial charge is 0.410 e. The molecule has 1 aliphatic carbocycles. The van der Waals surface area contributed by atoms with Gasteiger partial charge in [-0.2, -0.15) is 0 Å². The molecule has 33 heavy (non-hydrogen) atoms. The molecule has 1 aliphatic heterocycles. The molecule has 1 N–H and O–H groups in total. The maximum Gasteiger partial charge on any atom is 0.494 e. The highest BCUT2D eigenvalue weighted by Gasteiger charge is 2.51. The van der Waals surface area contributed by atoms with Gasteiger partial charge >= 0.3 is 7.12 Å². The van der Waals surface area contributed by atoms with Gasteiger partial charge < -0.3 is 14.5 Å². The fourth-order valence-corrected chi connectivity index (χ4v) is 5.02. The van der Waals surface area contributed by atoms with Gasteiger partial charge in [0, 0.05) is 11.1 Å². The highest BCUT2D eigenvalue weighted by Crippen LogP contribution is 2.46. The van der Waals surface area contributed by atoms with E-state index in [1.165, 1.54) is 17.5 Å². The van der Waals surface area contributed by atoms with Gasteiger partial charge in [-0.1, -0.05) is 63.2 Å². The SMILES string of the molecule is Cc1cc2c(cc1/C(=N\O)c1ccc(B3OC(C)(C)C(C)(C)O3)cc1)C(C)(C)CCC2(C)C. The number of rotatable bonds is 3. The number of aryl methyl sites for hydroxylation is 1. The minimum Gasteiger partial charge on any atom is -0.410 e. The normalized spacial score (nSPS) is 22.8. The number of fused-ring (bicyclic) bond motifs is 1. The summed E-state index contributed by atoms with van der Waals surface area (Å²) < 4.78 is 12.4. The minimum atomic E-state index is -0.410. The van der Waals surface area contributed by atoms with Gasteiger partial charge in [-0.15, -0.1) is 0 Å². The van der Waals surface area contributed by atoms with E-state index in [4.69, 9.17) is 9.31 Å². The molecule has 0 aromatic heterocycles. The molecule has 176 valence electrons. The van der Waals surface area contributed by atoms with Gasteiger partial charge in [0.2, 0.25) is 0 Å². The van der Waals surface area contributed by atoms with Crippen molar-refractivity contribution in [1.82, 2.24) is 0 Å². The predicted molar refractivity (Wildman–Crippen MR) is 136 cm³/mol. The van der Waals surface area contributed by atoms with Crippen LogP contribution in [0.1, 0.15) is 96.0 Å². The summed E-state index contributed by atoms with van der Waals surface area (Å²) in [6, 6.07) is 12.5. The van der Waals surface area contributed by atoms with Crippen LogP contribution in [0.5, 0.6) is 0 Å². The zero-order valence-electron chi connectivity index (χ0n) is 21.7. The van der Waals surface area contributed by atoms with E-state index in [9.17, 15) is 5.21 Å². The van der Waals surface area contributed by atoms with Crippen molar-refractivity contribution in [1.29, 1.82) is 0 Å². The summed E-state index contributed by atoms with van der Waals surface area (Å²) in [6.45, 7) is 19.6. The van der Waals surface area contributed by atoms with Crippen LogP contribution in [0.2, 0.25) is 0 Å². The van der Waals surface area contributed by atoms with Crippen LogP contribution in [0.25, 0.3) is 0 Å². The second-order valence-electron chi connectivity index (χ2n) is 12.1. The number of hydrogen-bond donors (Lipinski definition) is 1. The Labute approximate surface area is 199 Å². The molecule has 0 bridgehead atoms. The van der Waals surface area contributed by atoms with E-state index in [2.05, 4.69) is 79.6 Å². The third kappa shape index (κ3) is 4.04. The number of hydrogen-bond acceptors (Lipinski definition) is 4. The highest BCUT2D eigenvalue weighted by atomic mass is 16.7. The van der Waals surface area contributed by atoms with Gasteiger partial charge in [0.1, 0.15) is 5.71 Å². The second kappa shape index (κ2) is 7.71. The molecule has 5 heteroatoms. The predicted octanol–water partition coefficient (Wildman–Crippen LogP) is 5.87. The van der Waals surface area contributed by atoms with Crippen molar-refractivity contribution >= 4 is 18.3 Å². The van der Waals surface area contributed by atoms with E-state index in [0.717, 1.165) is 28.6 Å². The molecular weight excluding hydrogens is 409 g/mol. The molecule has 0 atom stereocenters. The van der Waals surface area contributed by atoms with Gasteiger partial charge in [-0.25, -0.2) is 0 Å². The van der Waals surface area contributed by atoms with Crippen LogP contribution in [-0.4, -0.2) is 29.2 Å². The summed E-state index contributed by atoms with van der Waals surface area (Å²) in [5.74, 6) is 0. The third-order valence-electron chi connectivity index (χ3n) is 8.26. The first kappa shape index (κ1) is 24.0. The monoisotopic (exact) mass is 447 g/mol. The van der Waals surface area contributed by atoms with Crippen LogP contribution in [0, 0.1) is 6.92 Å². The molecular formula is C28H38BNO3. The molecule has 2 aromatic rings. The van der Waals surface area contributed by atoms with E-state index in [-0.39, 0.29) is 22.0 Å². The first-order valence-corrected chi connectivity index (χ1v) is 12.0. The maximum absolute atomic E-state index is 10.1. The van der Waals surface area contributed by atoms with Crippen molar-refractivity contribution in [2.45, 2.75) is 97.2 Å². The summed E-state index contributed by atoms with van der Waals surface area (Å²) in [4.78, 5) is 0. The standard InChI is InChI=1S/C28H38BNO3/c1-18-16-22-23(26(4,5)15-14-25(22,2)3)17-21(18)24(30-31)19-10-12-20(13-11-19)29-32-27(6,7)28(8,9)33-29/h10-13,16-17,31H,14-15H2,1-9H3/b30-24-. The molecule has 0 radical (unpaired) electrons. The summed E-state index contributed by atoms with van der Waals surface area (Å²) in [5, 5.41) is 13.8. The lowest BCUT2D eigenvalue weighted by Gasteiger charge is -2.42. The lowest BCUT2D eigenvalue weighted by molar-refractivity contribution is 0.00578. The van der Waals surface area contributed by atoms with Crippen molar-refractivity contribution in [3.05, 3.63) is 64.2 Å². The van der Waals surface area contributed by atoms with Crippen molar-refractivity contribution in [2.75, 3.05) is 0 Å². The fraction of sp³-hybridized carbons (Fsp3) is 0.536. The molecule has 4 nitrogen and oxygen atoms in total. The van der Waals surface area contributed by atoms with E-state index in [1.807, 2.05) is 24.3 Å². The van der Waals surface area contributed by atoms with Crippen LogP contribution in [0.4, 0.5) is 0 Å². The Kier molecular flexibility index (Phi) is 5.62. The first-order chi connectivity index (χ1) is 15.2. The summed E-state index contributed by atoms with van der Waals surface area (Å²) in [5.41, 5.74) is 6.77. The Morgan fingerprint density at radius 3 is 1.79 bits per heavy atom. The maximum atomic E-state index is 10.1. The highest BCUT2D eigenvalue weighted by molar-refractivity contribution is 6.62. The zero-order valence-corrected chi connectivity index (χ0v) is 21.7. The zero-order chi connectivity index (χ0) is 24.4. The molecule has 1 heterocycles. The van der Waals surface area contributed by atoms with Crippen molar-refractivity contribution in [2.24, 2.45) is 5.16 Å². The average Bonchev–Trinajstić information content (AvgIpc) is 2.94. The van der Waals surface area contributed by atoms with Gasteiger partial charge in [0.05, 0.1) is 11.2 Å². The fourth-order valence-electron chi connectivity index (χ4n) is 5.02. The van der Waals surface area contributed by atoms with E-state index >= 15 is 0 Å². The van der Waals surface area contributed by atoms with Gasteiger partial charge in [0.25, 0.3) is 0 Å². The molecule has 2 aromatic carbocycles. The van der Waals surface area contributed by atoms with E-state index in [0.29, 0.717) is 5.71 Å². The Morgan fingerprint density at radius 2 is 1.30 bits per heavy atom. The van der Waals surface area contributed by atoms with Crippen LogP contribution in [0.3, 0.4) is 0 Å². The summed E-state index contributed by atoms with van der Waals surface area (Å²) in [6.07, 6.45) is 2.32. The Balaban J connectivity index is 1.69. The summed E-state index contributed by atoms with van der Waals surface area (Å²) in [7, 11) is -0.410. The average molecular weight is 447 g/mol. The molecule has 4 rings (SSSR count). The van der Waals surface area contributed by atoms with Gasteiger partial charge in [-0.3, -0.25) is 0 Å². The number of benzene rings is 2. The van der Waals surface area contributed by atoms with Crippen molar-refractivity contribution in [3.63, 3.8) is 0 Å². The summed E-state index contributed by atoms with van der Waals surface area (Å²) >= 11 is 0. The van der Waals surface area contributed by atoms with Crippen LogP contribution < -0.4 is 5.46 Å². The second-order valence-corrected chi connectivity index (χ2v) is 12.1. The lowest BCUT2D eigenvalue weighted by atomic mass is 9.62. The molecule has 0 unspecified atom stereocenters. The number of nitrogens with zero attached hydrogens (tertiary/aromatic N) is 1. The molecule has 2 aliphatic rings. The topological polar surface area (TPSA) is 51.1 Å². The molecule has 1 fully saturated rings. The molecule has 0 spiro atoms.